The Bertz CT molecular complexity index is 938. The Hall–Kier alpha value is -3.09. The lowest BCUT2D eigenvalue weighted by Gasteiger charge is -2.31. The third kappa shape index (κ3) is 6.20. The van der Waals surface area contributed by atoms with Gasteiger partial charge in [0.1, 0.15) is 11.9 Å². The van der Waals surface area contributed by atoms with Gasteiger partial charge in [-0.25, -0.2) is 4.39 Å². The van der Waals surface area contributed by atoms with Crippen LogP contribution in [0.2, 0.25) is 0 Å². The van der Waals surface area contributed by atoms with E-state index in [2.05, 4.69) is 5.32 Å². The minimum atomic E-state index is -0.673. The Labute approximate surface area is 182 Å². The first-order valence-electron chi connectivity index (χ1n) is 10.4. The van der Waals surface area contributed by atoms with E-state index in [-0.39, 0.29) is 37.4 Å². The van der Waals surface area contributed by atoms with Crippen molar-refractivity contribution < 1.29 is 23.5 Å². The molecule has 6 nitrogen and oxygen atoms in total. The summed E-state index contributed by atoms with van der Waals surface area (Å²) in [6.07, 6.45) is 0.733. The molecule has 3 rings (SSSR count). The normalized spacial score (nSPS) is 13.6. The van der Waals surface area contributed by atoms with E-state index in [0.717, 1.165) is 11.1 Å². The predicted molar refractivity (Wildman–Crippen MR) is 115 cm³/mol. The van der Waals surface area contributed by atoms with E-state index in [1.807, 2.05) is 39.0 Å². The van der Waals surface area contributed by atoms with Crippen LogP contribution in [0.1, 0.15) is 45.2 Å². The number of amides is 2. The fraction of sp³-hybridized carbons (Fsp3) is 0.417. The van der Waals surface area contributed by atoms with Crippen LogP contribution in [0.5, 0.6) is 11.5 Å². The fourth-order valence-corrected chi connectivity index (χ4v) is 3.33. The summed E-state index contributed by atoms with van der Waals surface area (Å²) in [5.41, 5.74) is 1.29. The van der Waals surface area contributed by atoms with Crippen LogP contribution in [0.15, 0.2) is 42.5 Å². The molecule has 1 atom stereocenters. The molecule has 1 unspecified atom stereocenters. The molecule has 1 N–H and O–H groups in total. The number of aryl methyl sites for hydroxylation is 1. The minimum absolute atomic E-state index is 0.154. The average molecular weight is 429 g/mol. The number of hydrogen-bond acceptors (Lipinski definition) is 4. The molecule has 1 heterocycles. The number of hydrogen-bond donors (Lipinski definition) is 1. The maximum absolute atomic E-state index is 13.3. The maximum atomic E-state index is 13.3. The zero-order valence-corrected chi connectivity index (χ0v) is 18.4. The van der Waals surface area contributed by atoms with E-state index in [1.54, 1.807) is 24.0 Å². The van der Waals surface area contributed by atoms with Gasteiger partial charge >= 0.3 is 0 Å². The Morgan fingerprint density at radius 3 is 2.39 bits per heavy atom. The molecular formula is C24H29FN2O4. The highest BCUT2D eigenvalue weighted by Gasteiger charge is 2.28. The van der Waals surface area contributed by atoms with Gasteiger partial charge in [0.2, 0.25) is 18.6 Å². The monoisotopic (exact) mass is 428 g/mol. The van der Waals surface area contributed by atoms with E-state index >= 15 is 0 Å². The van der Waals surface area contributed by atoms with Crippen molar-refractivity contribution in [2.75, 3.05) is 6.79 Å². The molecule has 1 aliphatic heterocycles. The topological polar surface area (TPSA) is 67.9 Å². The van der Waals surface area contributed by atoms with Gasteiger partial charge in [-0.15, -0.1) is 0 Å². The van der Waals surface area contributed by atoms with Crippen LogP contribution >= 0.6 is 0 Å². The molecule has 0 saturated carbocycles. The third-order valence-electron chi connectivity index (χ3n) is 5.00. The molecule has 2 aromatic carbocycles. The third-order valence-corrected chi connectivity index (χ3v) is 5.00. The number of nitrogens with one attached hydrogen (secondary N) is 1. The Kier molecular flexibility index (Phi) is 6.83. The van der Waals surface area contributed by atoms with Gasteiger partial charge in [-0.2, -0.15) is 0 Å². The molecule has 31 heavy (non-hydrogen) atoms. The Morgan fingerprint density at radius 2 is 1.71 bits per heavy atom. The van der Waals surface area contributed by atoms with Gasteiger partial charge in [0, 0.05) is 18.5 Å². The smallest absolute Gasteiger partial charge is 0.242 e. The maximum Gasteiger partial charge on any atom is 0.242 e. The van der Waals surface area contributed by atoms with Crippen LogP contribution in [0, 0.1) is 5.82 Å². The zero-order valence-electron chi connectivity index (χ0n) is 18.4. The Balaban J connectivity index is 1.72. The summed E-state index contributed by atoms with van der Waals surface area (Å²) in [4.78, 5) is 27.4. The molecule has 0 saturated heterocycles. The van der Waals surface area contributed by atoms with Gasteiger partial charge in [-0.1, -0.05) is 18.2 Å². The molecule has 0 radical (unpaired) electrons. The van der Waals surface area contributed by atoms with Crippen LogP contribution in [0.4, 0.5) is 4.39 Å². The lowest BCUT2D eigenvalue weighted by Crippen LogP contribution is -2.52. The summed E-state index contributed by atoms with van der Waals surface area (Å²) in [6.45, 7) is 7.81. The minimum Gasteiger partial charge on any atom is -0.454 e. The van der Waals surface area contributed by atoms with E-state index in [0.29, 0.717) is 17.9 Å². The van der Waals surface area contributed by atoms with Crippen molar-refractivity contribution in [1.29, 1.82) is 0 Å². The number of rotatable bonds is 7. The molecule has 0 bridgehead atoms. The summed E-state index contributed by atoms with van der Waals surface area (Å²) in [7, 11) is 0. The standard InChI is InChI=1S/C24H29FN2O4/c1-16(23(29)26-24(2,3)4)27(14-18-5-9-19(25)10-6-18)22(28)12-8-17-7-11-20-21(13-17)31-15-30-20/h5-7,9-11,13,16H,8,12,14-15H2,1-4H3,(H,26,29). The predicted octanol–water partition coefficient (Wildman–Crippen LogP) is 3.82. The molecule has 2 aromatic rings. The van der Waals surface area contributed by atoms with Crippen molar-refractivity contribution in [3.63, 3.8) is 0 Å². The summed E-state index contributed by atoms with van der Waals surface area (Å²) in [5.74, 6) is 0.638. The van der Waals surface area contributed by atoms with Crippen LogP contribution < -0.4 is 14.8 Å². The first-order chi connectivity index (χ1) is 14.6. The summed E-state index contributed by atoms with van der Waals surface area (Å²) in [5, 5.41) is 2.93. The summed E-state index contributed by atoms with van der Waals surface area (Å²) < 4.78 is 24.0. The quantitative estimate of drug-likeness (QED) is 0.728. The molecule has 0 fully saturated rings. The largest absolute Gasteiger partial charge is 0.454 e. The SMILES string of the molecule is CC(C(=O)NC(C)(C)C)N(Cc1ccc(F)cc1)C(=O)CCc1ccc2c(c1)OCO2. The second kappa shape index (κ2) is 9.37. The molecule has 0 aromatic heterocycles. The van der Waals surface area contributed by atoms with E-state index < -0.39 is 11.6 Å². The van der Waals surface area contributed by atoms with Gasteiger partial charge in [0.25, 0.3) is 0 Å². The van der Waals surface area contributed by atoms with Crippen LogP contribution in [-0.2, 0) is 22.6 Å². The van der Waals surface area contributed by atoms with Gasteiger partial charge < -0.3 is 19.7 Å². The second-order valence-corrected chi connectivity index (χ2v) is 8.75. The zero-order chi connectivity index (χ0) is 22.6. The van der Waals surface area contributed by atoms with Gasteiger partial charge in [-0.05, 0) is 69.5 Å². The lowest BCUT2D eigenvalue weighted by atomic mass is 10.1. The molecule has 0 spiro atoms. The molecule has 7 heteroatoms. The number of benzene rings is 2. The fourth-order valence-electron chi connectivity index (χ4n) is 3.33. The molecule has 2 amide bonds. The Morgan fingerprint density at radius 1 is 1.06 bits per heavy atom. The number of fused-ring (bicyclic) bond motifs is 1. The molecule has 166 valence electrons. The highest BCUT2D eigenvalue weighted by Crippen LogP contribution is 2.32. The highest BCUT2D eigenvalue weighted by molar-refractivity contribution is 5.87. The van der Waals surface area contributed by atoms with E-state index in [9.17, 15) is 14.0 Å². The summed E-state index contributed by atoms with van der Waals surface area (Å²) in [6, 6.07) is 10.9. The lowest BCUT2D eigenvalue weighted by molar-refractivity contribution is -0.141. The highest BCUT2D eigenvalue weighted by atomic mass is 19.1. The van der Waals surface area contributed by atoms with Gasteiger partial charge in [0.05, 0.1) is 0 Å². The van der Waals surface area contributed by atoms with Crippen molar-refractivity contribution in [1.82, 2.24) is 10.2 Å². The number of carbonyl (C=O) groups excluding carboxylic acids is 2. The molecule has 0 aliphatic carbocycles. The van der Waals surface area contributed by atoms with Gasteiger partial charge in [0.15, 0.2) is 11.5 Å². The number of halogens is 1. The first kappa shape index (κ1) is 22.6. The van der Waals surface area contributed by atoms with Crippen molar-refractivity contribution in [2.24, 2.45) is 0 Å². The van der Waals surface area contributed by atoms with Crippen LogP contribution in [-0.4, -0.2) is 35.1 Å². The average Bonchev–Trinajstić information content (AvgIpc) is 3.17. The number of ether oxygens (including phenoxy) is 2. The number of carbonyl (C=O) groups is 2. The van der Waals surface area contributed by atoms with Crippen LogP contribution in [0.3, 0.4) is 0 Å². The van der Waals surface area contributed by atoms with Crippen LogP contribution in [0.25, 0.3) is 0 Å². The van der Waals surface area contributed by atoms with Crippen molar-refractivity contribution in [3.05, 3.63) is 59.4 Å². The van der Waals surface area contributed by atoms with Crippen molar-refractivity contribution >= 4 is 11.8 Å². The first-order valence-corrected chi connectivity index (χ1v) is 10.4. The summed E-state index contributed by atoms with van der Waals surface area (Å²) >= 11 is 0. The van der Waals surface area contributed by atoms with Crippen molar-refractivity contribution in [3.8, 4) is 11.5 Å². The van der Waals surface area contributed by atoms with Gasteiger partial charge in [-0.3, -0.25) is 9.59 Å². The molecule has 1 aliphatic rings. The van der Waals surface area contributed by atoms with Crippen molar-refractivity contribution in [2.45, 2.75) is 58.7 Å². The second-order valence-electron chi connectivity index (χ2n) is 8.75. The van der Waals surface area contributed by atoms with E-state index in [1.165, 1.54) is 12.1 Å². The molecular weight excluding hydrogens is 399 g/mol. The number of nitrogens with zero attached hydrogens (tertiary/aromatic N) is 1. The van der Waals surface area contributed by atoms with E-state index in [4.69, 9.17) is 9.47 Å².